The summed E-state index contributed by atoms with van der Waals surface area (Å²) in [5.74, 6) is 2.08. The molecule has 30 heavy (non-hydrogen) atoms. The minimum absolute atomic E-state index is 0.234. The summed E-state index contributed by atoms with van der Waals surface area (Å²) in [5, 5.41) is 0. The van der Waals surface area contributed by atoms with Crippen LogP contribution in [0.25, 0.3) is 0 Å². The van der Waals surface area contributed by atoms with E-state index in [0.717, 1.165) is 50.7 Å². The molecule has 0 N–H and O–H groups in total. The molecule has 1 aromatic heterocycles. The van der Waals surface area contributed by atoms with Gasteiger partial charge >= 0.3 is 0 Å². The van der Waals surface area contributed by atoms with E-state index in [1.165, 1.54) is 5.56 Å². The van der Waals surface area contributed by atoms with Crippen LogP contribution in [0.5, 0.6) is 5.75 Å². The van der Waals surface area contributed by atoms with Crippen LogP contribution in [0.2, 0.25) is 0 Å². The lowest BCUT2D eigenvalue weighted by atomic mass is 9.74. The van der Waals surface area contributed by atoms with Crippen LogP contribution < -0.4 is 9.64 Å². The van der Waals surface area contributed by atoms with Gasteiger partial charge in [-0.2, -0.15) is 0 Å². The lowest BCUT2D eigenvalue weighted by Gasteiger charge is -2.34. The van der Waals surface area contributed by atoms with Crippen LogP contribution in [0.1, 0.15) is 18.4 Å². The first-order valence-corrected chi connectivity index (χ1v) is 10.6. The van der Waals surface area contributed by atoms with Crippen LogP contribution in [-0.4, -0.2) is 73.1 Å². The number of carbonyl (C=O) groups excluding carboxylic acids is 1. The zero-order valence-electron chi connectivity index (χ0n) is 18.1. The molecule has 0 bridgehead atoms. The number of nitrogens with zero attached hydrogens (tertiary/aromatic N) is 5. The predicted molar refractivity (Wildman–Crippen MR) is 116 cm³/mol. The number of amides is 1. The first-order valence-electron chi connectivity index (χ1n) is 10.6. The summed E-state index contributed by atoms with van der Waals surface area (Å²) in [6.07, 6.45) is 5.45. The van der Waals surface area contributed by atoms with Crippen LogP contribution in [-0.2, 0) is 11.3 Å². The number of aromatic nitrogens is 2. The Morgan fingerprint density at radius 1 is 1.20 bits per heavy atom. The minimum Gasteiger partial charge on any atom is -0.497 e. The molecule has 0 saturated carbocycles. The lowest BCUT2D eigenvalue weighted by Crippen LogP contribution is -2.47. The number of anilines is 1. The Hall–Kier alpha value is -2.67. The van der Waals surface area contributed by atoms with E-state index in [9.17, 15) is 4.79 Å². The topological polar surface area (TPSA) is 61.8 Å². The van der Waals surface area contributed by atoms with E-state index in [2.05, 4.69) is 31.9 Å². The summed E-state index contributed by atoms with van der Waals surface area (Å²) < 4.78 is 5.28. The monoisotopic (exact) mass is 409 g/mol. The third-order valence-corrected chi connectivity index (χ3v) is 6.50. The van der Waals surface area contributed by atoms with E-state index in [1.54, 1.807) is 24.4 Å². The number of fused-ring (bicyclic) bond motifs is 1. The zero-order chi connectivity index (χ0) is 21.1. The molecule has 160 valence electrons. The van der Waals surface area contributed by atoms with Crippen molar-refractivity contribution in [3.63, 3.8) is 0 Å². The van der Waals surface area contributed by atoms with Gasteiger partial charge < -0.3 is 14.5 Å². The molecule has 1 aromatic carbocycles. The van der Waals surface area contributed by atoms with Crippen molar-refractivity contribution in [2.24, 2.45) is 11.3 Å². The summed E-state index contributed by atoms with van der Waals surface area (Å²) in [4.78, 5) is 28.7. The maximum absolute atomic E-state index is 13.4. The number of carbonyl (C=O) groups is 1. The van der Waals surface area contributed by atoms with Gasteiger partial charge in [-0.3, -0.25) is 9.69 Å². The normalized spacial score (nSPS) is 24.2. The Balaban J connectivity index is 1.56. The van der Waals surface area contributed by atoms with Gasteiger partial charge in [0.15, 0.2) is 0 Å². The molecular formula is C23H31N5O2. The minimum atomic E-state index is -0.378. The Morgan fingerprint density at radius 2 is 1.93 bits per heavy atom. The van der Waals surface area contributed by atoms with E-state index >= 15 is 0 Å². The van der Waals surface area contributed by atoms with E-state index in [4.69, 9.17) is 4.74 Å². The molecule has 2 aliphatic heterocycles. The van der Waals surface area contributed by atoms with Crippen LogP contribution in [0, 0.1) is 11.3 Å². The van der Waals surface area contributed by atoms with E-state index in [-0.39, 0.29) is 17.2 Å². The highest BCUT2D eigenvalue weighted by Crippen LogP contribution is 2.44. The quantitative estimate of drug-likeness (QED) is 0.755. The maximum Gasteiger partial charge on any atom is 0.230 e. The lowest BCUT2D eigenvalue weighted by molar-refractivity contribution is -0.141. The fraction of sp³-hybridized carbons (Fsp3) is 0.522. The molecule has 0 spiro atoms. The summed E-state index contributed by atoms with van der Waals surface area (Å²) >= 11 is 0. The SMILES string of the molecule is COc1ccc(CN2CCC[C@]3(C(=O)N(C)C)CN(c4ncccn4)C[C@@H]3C2)cc1. The van der Waals surface area contributed by atoms with E-state index in [1.807, 2.05) is 32.3 Å². The van der Waals surface area contributed by atoms with Crippen molar-refractivity contribution >= 4 is 11.9 Å². The van der Waals surface area contributed by atoms with Gasteiger partial charge in [0.05, 0.1) is 12.5 Å². The second kappa shape index (κ2) is 8.60. The van der Waals surface area contributed by atoms with Crippen LogP contribution >= 0.6 is 0 Å². The van der Waals surface area contributed by atoms with Gasteiger partial charge in [-0.1, -0.05) is 12.1 Å². The number of methoxy groups -OCH3 is 1. The largest absolute Gasteiger partial charge is 0.497 e. The highest BCUT2D eigenvalue weighted by atomic mass is 16.5. The molecule has 0 aliphatic carbocycles. The van der Waals surface area contributed by atoms with Gasteiger partial charge in [0, 0.05) is 58.6 Å². The van der Waals surface area contributed by atoms with Crippen molar-refractivity contribution in [2.45, 2.75) is 19.4 Å². The molecule has 4 rings (SSSR count). The standard InChI is InChI=1S/C23H31N5O2/c1-26(2)21(29)23-10-4-13-27(14-18-6-8-20(30-3)9-7-18)15-19(23)16-28(17-23)22-24-11-5-12-25-22/h5-9,11-12,19H,4,10,13-17H2,1-3H3/t19-,23-/m0/s1. The summed E-state index contributed by atoms with van der Waals surface area (Å²) in [5.41, 5.74) is 0.889. The summed E-state index contributed by atoms with van der Waals surface area (Å²) in [6.45, 7) is 4.29. The average molecular weight is 410 g/mol. The highest BCUT2D eigenvalue weighted by molar-refractivity contribution is 5.84. The van der Waals surface area contributed by atoms with Crippen LogP contribution in [0.15, 0.2) is 42.7 Å². The molecule has 3 heterocycles. The molecule has 0 radical (unpaired) electrons. The summed E-state index contributed by atoms with van der Waals surface area (Å²) in [6, 6.07) is 10.1. The number of likely N-dealkylation sites (tertiary alicyclic amines) is 1. The van der Waals surface area contributed by atoms with Crippen molar-refractivity contribution in [2.75, 3.05) is 52.3 Å². The fourth-order valence-corrected chi connectivity index (χ4v) is 5.05. The highest BCUT2D eigenvalue weighted by Gasteiger charge is 2.54. The molecular weight excluding hydrogens is 378 g/mol. The molecule has 7 heteroatoms. The molecule has 2 aromatic rings. The second-order valence-corrected chi connectivity index (χ2v) is 8.67. The zero-order valence-corrected chi connectivity index (χ0v) is 18.1. The molecule has 0 unspecified atom stereocenters. The van der Waals surface area contributed by atoms with Crippen LogP contribution in [0.3, 0.4) is 0 Å². The fourth-order valence-electron chi connectivity index (χ4n) is 5.05. The molecule has 2 saturated heterocycles. The number of rotatable bonds is 5. The van der Waals surface area contributed by atoms with Gasteiger partial charge in [-0.15, -0.1) is 0 Å². The Kier molecular flexibility index (Phi) is 5.90. The van der Waals surface area contributed by atoms with E-state index < -0.39 is 0 Å². The smallest absolute Gasteiger partial charge is 0.230 e. The van der Waals surface area contributed by atoms with Crippen molar-refractivity contribution in [3.8, 4) is 5.75 Å². The molecule has 2 aliphatic rings. The number of hydrogen-bond acceptors (Lipinski definition) is 6. The number of ether oxygens (including phenoxy) is 1. The molecule has 7 nitrogen and oxygen atoms in total. The Bertz CT molecular complexity index is 858. The van der Waals surface area contributed by atoms with Gasteiger partial charge in [0.1, 0.15) is 5.75 Å². The van der Waals surface area contributed by atoms with Gasteiger partial charge in [-0.05, 0) is 43.1 Å². The Labute approximate surface area is 178 Å². The predicted octanol–water partition coefficient (Wildman–Crippen LogP) is 2.29. The first-order chi connectivity index (χ1) is 14.5. The van der Waals surface area contributed by atoms with Gasteiger partial charge in [-0.25, -0.2) is 9.97 Å². The number of hydrogen-bond donors (Lipinski definition) is 0. The second-order valence-electron chi connectivity index (χ2n) is 8.67. The first kappa shape index (κ1) is 20.6. The van der Waals surface area contributed by atoms with Crippen molar-refractivity contribution in [1.82, 2.24) is 19.8 Å². The third-order valence-electron chi connectivity index (χ3n) is 6.50. The molecule has 2 fully saturated rings. The van der Waals surface area contributed by atoms with Gasteiger partial charge in [0.2, 0.25) is 11.9 Å². The van der Waals surface area contributed by atoms with E-state index in [0.29, 0.717) is 6.54 Å². The van der Waals surface area contributed by atoms with Crippen molar-refractivity contribution in [3.05, 3.63) is 48.3 Å². The maximum atomic E-state index is 13.4. The molecule has 1 amide bonds. The Morgan fingerprint density at radius 3 is 2.60 bits per heavy atom. The number of benzene rings is 1. The summed E-state index contributed by atoms with van der Waals surface area (Å²) in [7, 11) is 5.43. The van der Waals surface area contributed by atoms with Crippen molar-refractivity contribution < 1.29 is 9.53 Å². The van der Waals surface area contributed by atoms with Crippen molar-refractivity contribution in [1.29, 1.82) is 0 Å². The van der Waals surface area contributed by atoms with Gasteiger partial charge in [0.25, 0.3) is 0 Å². The third kappa shape index (κ3) is 3.99. The van der Waals surface area contributed by atoms with Crippen LogP contribution in [0.4, 0.5) is 5.95 Å². The molecule has 2 atom stereocenters. The average Bonchev–Trinajstić information content (AvgIpc) is 3.04.